The van der Waals surface area contributed by atoms with Crippen molar-refractivity contribution < 1.29 is 4.79 Å². The number of alkyl halides is 1. The van der Waals surface area contributed by atoms with E-state index >= 15 is 0 Å². The number of carbonyl (C=O) groups is 1. The summed E-state index contributed by atoms with van der Waals surface area (Å²) in [4.78, 5) is 11.2. The van der Waals surface area contributed by atoms with Crippen LogP contribution in [0.1, 0.15) is 19.3 Å². The molecule has 0 aromatic carbocycles. The third-order valence-electron chi connectivity index (χ3n) is 2.52. The molecule has 1 N–H and O–H groups in total. The zero-order valence-corrected chi connectivity index (χ0v) is 10.3. The monoisotopic (exact) mass is 265 g/mol. The van der Waals surface area contributed by atoms with Gasteiger partial charge >= 0.3 is 0 Å². The predicted molar refractivity (Wildman–Crippen MR) is 61.5 cm³/mol. The molecule has 4 heteroatoms. The summed E-state index contributed by atoms with van der Waals surface area (Å²) in [5.74, 6) is 0.762. The van der Waals surface area contributed by atoms with Crippen molar-refractivity contribution in [3.05, 3.63) is 0 Å². The highest BCUT2D eigenvalue weighted by atomic mass is 79.9. The summed E-state index contributed by atoms with van der Waals surface area (Å²) in [6, 6.07) is 0. The lowest BCUT2D eigenvalue weighted by Gasteiger charge is -2.13. The number of amides is 1. The molecule has 0 bridgehead atoms. The van der Waals surface area contributed by atoms with E-state index in [0.717, 1.165) is 11.9 Å². The molecule has 1 amide bonds. The molecule has 0 aromatic heterocycles. The Balaban J connectivity index is 2.14. The first-order valence-corrected chi connectivity index (χ1v) is 7.05. The van der Waals surface area contributed by atoms with Crippen LogP contribution in [0.25, 0.3) is 0 Å². The predicted octanol–water partition coefficient (Wildman–Crippen LogP) is 2.03. The van der Waals surface area contributed by atoms with Gasteiger partial charge in [-0.1, -0.05) is 15.9 Å². The number of hydrogen-bond acceptors (Lipinski definition) is 2. The molecule has 0 heterocycles. The molecular weight excluding hydrogens is 250 g/mol. The van der Waals surface area contributed by atoms with E-state index in [1.165, 1.54) is 19.3 Å². The van der Waals surface area contributed by atoms with Crippen LogP contribution in [0, 0.1) is 5.41 Å². The van der Waals surface area contributed by atoms with E-state index in [1.807, 2.05) is 6.26 Å². The summed E-state index contributed by atoms with van der Waals surface area (Å²) >= 11 is 5.02. The zero-order valence-electron chi connectivity index (χ0n) is 7.94. The summed E-state index contributed by atoms with van der Waals surface area (Å²) in [5.41, 5.74) is 0.442. The summed E-state index contributed by atoms with van der Waals surface area (Å²) in [5, 5.41) is 4.04. The number of carbonyl (C=O) groups excluding carboxylic acids is 1. The number of hydrogen-bond donors (Lipinski definition) is 1. The molecular formula is C9H16BrNOS. The zero-order chi connectivity index (χ0) is 9.73. The second-order valence-electron chi connectivity index (χ2n) is 3.65. The van der Waals surface area contributed by atoms with Crippen LogP contribution in [0.4, 0.5) is 0 Å². The third kappa shape index (κ3) is 3.90. The Bertz CT molecular complexity index is 182. The average Bonchev–Trinajstić information content (AvgIpc) is 2.84. The van der Waals surface area contributed by atoms with E-state index in [-0.39, 0.29) is 5.91 Å². The lowest BCUT2D eigenvalue weighted by atomic mass is 10.0. The maximum Gasteiger partial charge on any atom is 0.230 e. The first-order valence-electron chi connectivity index (χ1n) is 4.54. The van der Waals surface area contributed by atoms with Crippen molar-refractivity contribution in [3.63, 3.8) is 0 Å². The molecule has 0 radical (unpaired) electrons. The second-order valence-corrected chi connectivity index (χ2v) is 5.31. The van der Waals surface area contributed by atoms with Crippen molar-refractivity contribution in [1.29, 1.82) is 0 Å². The fourth-order valence-electron chi connectivity index (χ4n) is 1.36. The Morgan fingerprint density at radius 2 is 2.31 bits per heavy atom. The molecule has 13 heavy (non-hydrogen) atoms. The molecule has 0 aromatic rings. The largest absolute Gasteiger partial charge is 0.355 e. The van der Waals surface area contributed by atoms with Crippen LogP contribution in [-0.2, 0) is 4.79 Å². The topological polar surface area (TPSA) is 29.1 Å². The second kappa shape index (κ2) is 5.25. The van der Waals surface area contributed by atoms with E-state index < -0.39 is 0 Å². The molecule has 0 spiro atoms. The van der Waals surface area contributed by atoms with Crippen molar-refractivity contribution in [2.75, 3.05) is 23.9 Å². The minimum atomic E-state index is 0.174. The standard InChI is InChI=1S/C9H16BrNOS/c1-13-6-8(12)11-7-9(2-3-9)4-5-10/h2-7H2,1H3,(H,11,12). The Hall–Kier alpha value is 0.300. The molecule has 0 unspecified atom stereocenters. The lowest BCUT2D eigenvalue weighted by Crippen LogP contribution is -2.31. The summed E-state index contributed by atoms with van der Waals surface area (Å²) in [7, 11) is 0. The molecule has 0 aliphatic heterocycles. The number of halogens is 1. The lowest BCUT2D eigenvalue weighted by molar-refractivity contribution is -0.118. The quantitative estimate of drug-likeness (QED) is 0.745. The Kier molecular flexibility index (Phi) is 4.59. The number of thioether (sulfide) groups is 1. The third-order valence-corrected chi connectivity index (χ3v) is 3.47. The van der Waals surface area contributed by atoms with Crippen LogP contribution in [0.3, 0.4) is 0 Å². The van der Waals surface area contributed by atoms with Gasteiger partial charge in [-0.3, -0.25) is 4.79 Å². The minimum absolute atomic E-state index is 0.174. The molecule has 0 atom stereocenters. The molecule has 1 saturated carbocycles. The van der Waals surface area contributed by atoms with E-state index in [0.29, 0.717) is 11.2 Å². The van der Waals surface area contributed by atoms with Crippen molar-refractivity contribution in [2.24, 2.45) is 5.41 Å². The van der Waals surface area contributed by atoms with Crippen LogP contribution in [-0.4, -0.2) is 29.8 Å². The van der Waals surface area contributed by atoms with Gasteiger partial charge in [0, 0.05) is 11.9 Å². The molecule has 1 rings (SSSR count). The van der Waals surface area contributed by atoms with E-state index in [4.69, 9.17) is 0 Å². The van der Waals surface area contributed by atoms with Crippen molar-refractivity contribution in [3.8, 4) is 0 Å². The molecule has 0 saturated heterocycles. The molecule has 1 aliphatic carbocycles. The summed E-state index contributed by atoms with van der Waals surface area (Å²) in [6.07, 6.45) is 5.69. The first kappa shape index (κ1) is 11.4. The van der Waals surface area contributed by atoms with E-state index in [2.05, 4.69) is 21.2 Å². The van der Waals surface area contributed by atoms with Crippen LogP contribution >= 0.6 is 27.7 Å². The van der Waals surface area contributed by atoms with Gasteiger partial charge in [0.15, 0.2) is 0 Å². The van der Waals surface area contributed by atoms with Gasteiger partial charge in [-0.25, -0.2) is 0 Å². The summed E-state index contributed by atoms with van der Waals surface area (Å²) < 4.78 is 0. The van der Waals surface area contributed by atoms with Crippen LogP contribution in [0.15, 0.2) is 0 Å². The minimum Gasteiger partial charge on any atom is -0.355 e. The highest BCUT2D eigenvalue weighted by molar-refractivity contribution is 9.09. The smallest absolute Gasteiger partial charge is 0.230 e. The Morgan fingerprint density at radius 1 is 1.62 bits per heavy atom. The number of rotatable bonds is 6. The molecule has 1 fully saturated rings. The van der Waals surface area contributed by atoms with E-state index in [1.54, 1.807) is 11.8 Å². The molecule has 2 nitrogen and oxygen atoms in total. The SMILES string of the molecule is CSCC(=O)NCC1(CCBr)CC1. The maximum atomic E-state index is 11.2. The van der Waals surface area contributed by atoms with Gasteiger partial charge < -0.3 is 5.32 Å². The van der Waals surface area contributed by atoms with Crippen molar-refractivity contribution >= 4 is 33.6 Å². The highest BCUT2D eigenvalue weighted by Crippen LogP contribution is 2.48. The van der Waals surface area contributed by atoms with Gasteiger partial charge in [0.25, 0.3) is 0 Å². The maximum absolute atomic E-state index is 11.2. The van der Waals surface area contributed by atoms with Gasteiger partial charge in [0.1, 0.15) is 0 Å². The van der Waals surface area contributed by atoms with Gasteiger partial charge in [-0.2, -0.15) is 11.8 Å². The van der Waals surface area contributed by atoms with Crippen molar-refractivity contribution in [1.82, 2.24) is 5.32 Å². The molecule has 76 valence electrons. The van der Waals surface area contributed by atoms with Crippen LogP contribution in [0.5, 0.6) is 0 Å². The van der Waals surface area contributed by atoms with Crippen LogP contribution in [0.2, 0.25) is 0 Å². The van der Waals surface area contributed by atoms with Gasteiger partial charge in [0.05, 0.1) is 5.75 Å². The van der Waals surface area contributed by atoms with Crippen LogP contribution < -0.4 is 5.32 Å². The first-order chi connectivity index (χ1) is 6.22. The number of nitrogens with one attached hydrogen (secondary N) is 1. The molecule has 1 aliphatic rings. The van der Waals surface area contributed by atoms with Gasteiger partial charge in [-0.05, 0) is 30.9 Å². The normalized spacial score (nSPS) is 18.3. The average molecular weight is 266 g/mol. The fraction of sp³-hybridized carbons (Fsp3) is 0.889. The Labute approximate surface area is 92.4 Å². The van der Waals surface area contributed by atoms with Gasteiger partial charge in [0.2, 0.25) is 5.91 Å². The summed E-state index contributed by atoms with van der Waals surface area (Å²) in [6.45, 7) is 0.873. The highest BCUT2D eigenvalue weighted by Gasteiger charge is 2.41. The van der Waals surface area contributed by atoms with E-state index in [9.17, 15) is 4.79 Å². The Morgan fingerprint density at radius 3 is 2.77 bits per heavy atom. The van der Waals surface area contributed by atoms with Gasteiger partial charge in [-0.15, -0.1) is 0 Å². The van der Waals surface area contributed by atoms with Crippen molar-refractivity contribution in [2.45, 2.75) is 19.3 Å². The fourth-order valence-corrected chi connectivity index (χ4v) is 2.57.